The molecule has 1 fully saturated rings. The lowest BCUT2D eigenvalue weighted by Crippen LogP contribution is -1.97. The van der Waals surface area contributed by atoms with Crippen LogP contribution in [0.1, 0.15) is 65.2 Å². The van der Waals surface area contributed by atoms with Crippen LogP contribution in [0.15, 0.2) is 24.3 Å². The van der Waals surface area contributed by atoms with Crippen molar-refractivity contribution in [3.8, 4) is 0 Å². The van der Waals surface area contributed by atoms with Gasteiger partial charge in [0.2, 0.25) is 0 Å². The first-order valence-electron chi connectivity index (χ1n) is 7.77. The second-order valence-electron chi connectivity index (χ2n) is 5.59. The number of allylic oxidation sites excluding steroid dienone is 3. The summed E-state index contributed by atoms with van der Waals surface area (Å²) in [4.78, 5) is 0. The molecule has 1 heteroatoms. The van der Waals surface area contributed by atoms with Gasteiger partial charge in [0.05, 0.1) is 6.10 Å². The first-order chi connectivity index (χ1) is 8.77. The van der Waals surface area contributed by atoms with Gasteiger partial charge in [0.1, 0.15) is 0 Å². The molecule has 0 heterocycles. The summed E-state index contributed by atoms with van der Waals surface area (Å²) in [5.74, 6) is 1.85. The van der Waals surface area contributed by atoms with Gasteiger partial charge < -0.3 is 5.11 Å². The number of aliphatic hydroxyl groups excluding tert-OH is 1. The Labute approximate surface area is 113 Å². The number of rotatable bonds is 10. The molecule has 0 spiro atoms. The number of aliphatic hydroxyl groups is 1. The molecule has 3 unspecified atom stereocenters. The second-order valence-corrected chi connectivity index (χ2v) is 5.59. The summed E-state index contributed by atoms with van der Waals surface area (Å²) in [6.07, 6.45) is 18.5. The summed E-state index contributed by atoms with van der Waals surface area (Å²) < 4.78 is 0. The minimum absolute atomic E-state index is 0.233. The van der Waals surface area contributed by atoms with Crippen molar-refractivity contribution in [3.63, 3.8) is 0 Å². The highest BCUT2D eigenvalue weighted by Gasteiger charge is 2.34. The van der Waals surface area contributed by atoms with Crippen LogP contribution in [0.5, 0.6) is 0 Å². The molecule has 1 N–H and O–H groups in total. The maximum atomic E-state index is 9.41. The van der Waals surface area contributed by atoms with E-state index in [4.69, 9.17) is 0 Å². The molecule has 1 saturated carbocycles. The van der Waals surface area contributed by atoms with Gasteiger partial charge in [-0.1, -0.05) is 51.0 Å². The molecular weight excluding hydrogens is 220 g/mol. The molecule has 0 radical (unpaired) electrons. The number of hydrogen-bond acceptors (Lipinski definition) is 1. The van der Waals surface area contributed by atoms with E-state index in [2.05, 4.69) is 25.2 Å². The van der Waals surface area contributed by atoms with E-state index in [1.165, 1.54) is 44.9 Å². The maximum absolute atomic E-state index is 9.41. The van der Waals surface area contributed by atoms with E-state index in [9.17, 15) is 5.11 Å². The molecule has 0 bridgehead atoms. The third-order valence-corrected chi connectivity index (χ3v) is 3.88. The predicted molar refractivity (Wildman–Crippen MR) is 79.6 cm³/mol. The van der Waals surface area contributed by atoms with Gasteiger partial charge in [-0.15, -0.1) is 0 Å². The smallest absolute Gasteiger partial charge is 0.0718 e. The van der Waals surface area contributed by atoms with E-state index >= 15 is 0 Å². The van der Waals surface area contributed by atoms with Crippen LogP contribution in [0.3, 0.4) is 0 Å². The largest absolute Gasteiger partial charge is 0.389 e. The summed E-state index contributed by atoms with van der Waals surface area (Å²) >= 11 is 0. The average molecular weight is 250 g/mol. The molecule has 1 aliphatic rings. The first kappa shape index (κ1) is 15.5. The summed E-state index contributed by atoms with van der Waals surface area (Å²) in [5, 5.41) is 9.41. The van der Waals surface area contributed by atoms with Crippen molar-refractivity contribution in [2.45, 2.75) is 71.3 Å². The number of unbranched alkanes of at least 4 members (excludes halogenated alkanes) is 2. The van der Waals surface area contributed by atoms with Gasteiger partial charge in [-0.25, -0.2) is 0 Å². The fourth-order valence-corrected chi connectivity index (χ4v) is 2.37. The highest BCUT2D eigenvalue weighted by atomic mass is 16.3. The van der Waals surface area contributed by atoms with Gasteiger partial charge in [-0.3, -0.25) is 0 Å². The summed E-state index contributed by atoms with van der Waals surface area (Å²) in [6, 6.07) is 0. The van der Waals surface area contributed by atoms with E-state index in [0.717, 1.165) is 18.3 Å². The lowest BCUT2D eigenvalue weighted by molar-refractivity contribution is 0.218. The third-order valence-electron chi connectivity index (χ3n) is 3.88. The Bertz CT molecular complexity index is 254. The van der Waals surface area contributed by atoms with Crippen LogP contribution in [0.25, 0.3) is 0 Å². The van der Waals surface area contributed by atoms with Gasteiger partial charge in [-0.2, -0.15) is 0 Å². The van der Waals surface area contributed by atoms with Crippen LogP contribution in [0.4, 0.5) is 0 Å². The van der Waals surface area contributed by atoms with E-state index in [1.54, 1.807) is 0 Å². The molecule has 0 aromatic heterocycles. The zero-order valence-electron chi connectivity index (χ0n) is 12.1. The van der Waals surface area contributed by atoms with Gasteiger partial charge in [-0.05, 0) is 50.4 Å². The van der Waals surface area contributed by atoms with Crippen LogP contribution in [0, 0.1) is 11.8 Å². The topological polar surface area (TPSA) is 20.2 Å². The van der Waals surface area contributed by atoms with E-state index in [1.807, 2.05) is 13.0 Å². The van der Waals surface area contributed by atoms with Crippen LogP contribution in [-0.4, -0.2) is 11.2 Å². The maximum Gasteiger partial charge on any atom is 0.0718 e. The zero-order valence-corrected chi connectivity index (χ0v) is 12.1. The molecule has 0 aliphatic heterocycles. The Morgan fingerprint density at radius 2 is 1.89 bits per heavy atom. The molecule has 1 rings (SSSR count). The van der Waals surface area contributed by atoms with E-state index in [0.29, 0.717) is 0 Å². The Kier molecular flexibility index (Phi) is 8.08. The Balaban J connectivity index is 1.97. The summed E-state index contributed by atoms with van der Waals surface area (Å²) in [6.45, 7) is 4.26. The molecular formula is C17H30O. The fraction of sp³-hybridized carbons (Fsp3) is 0.765. The standard InChI is InChI=1S/C17H30O/c1-3-5-6-7-8-9-11-15-14-16(15)12-10-13-17(18)4-2/h7-8,10,13,15-18H,3-6,9,11-12,14H2,1-2H3/b8-7+,13-10+. The van der Waals surface area contributed by atoms with Crippen molar-refractivity contribution >= 4 is 0 Å². The van der Waals surface area contributed by atoms with Gasteiger partial charge in [0.25, 0.3) is 0 Å². The SMILES string of the molecule is CCCC/C=C/CCC1CC1C/C=C/C(O)CC. The Morgan fingerprint density at radius 1 is 1.11 bits per heavy atom. The predicted octanol–water partition coefficient (Wildman–Crippen LogP) is 4.87. The Hall–Kier alpha value is -0.560. The van der Waals surface area contributed by atoms with Gasteiger partial charge >= 0.3 is 0 Å². The minimum atomic E-state index is -0.233. The Morgan fingerprint density at radius 3 is 2.61 bits per heavy atom. The van der Waals surface area contributed by atoms with Crippen LogP contribution in [0.2, 0.25) is 0 Å². The lowest BCUT2D eigenvalue weighted by atomic mass is 10.1. The normalized spacial score (nSPS) is 25.1. The quantitative estimate of drug-likeness (QED) is 0.433. The highest BCUT2D eigenvalue weighted by Crippen LogP contribution is 2.44. The van der Waals surface area contributed by atoms with E-state index in [-0.39, 0.29) is 6.10 Å². The number of hydrogen-bond donors (Lipinski definition) is 1. The van der Waals surface area contributed by atoms with Crippen molar-refractivity contribution in [3.05, 3.63) is 24.3 Å². The molecule has 0 aromatic rings. The average Bonchev–Trinajstić information content (AvgIpc) is 3.12. The van der Waals surface area contributed by atoms with Crippen molar-refractivity contribution in [1.29, 1.82) is 0 Å². The summed E-state index contributed by atoms with van der Waals surface area (Å²) in [5.41, 5.74) is 0. The minimum Gasteiger partial charge on any atom is -0.389 e. The molecule has 3 atom stereocenters. The highest BCUT2D eigenvalue weighted by molar-refractivity contribution is 4.97. The van der Waals surface area contributed by atoms with Crippen molar-refractivity contribution in [2.24, 2.45) is 11.8 Å². The van der Waals surface area contributed by atoms with Crippen LogP contribution < -0.4 is 0 Å². The van der Waals surface area contributed by atoms with Gasteiger partial charge in [0, 0.05) is 0 Å². The van der Waals surface area contributed by atoms with Gasteiger partial charge in [0.15, 0.2) is 0 Å². The van der Waals surface area contributed by atoms with Crippen LogP contribution in [-0.2, 0) is 0 Å². The fourth-order valence-electron chi connectivity index (χ4n) is 2.37. The molecule has 0 saturated heterocycles. The molecule has 104 valence electrons. The molecule has 18 heavy (non-hydrogen) atoms. The van der Waals surface area contributed by atoms with E-state index < -0.39 is 0 Å². The second kappa shape index (κ2) is 9.38. The van der Waals surface area contributed by atoms with Crippen molar-refractivity contribution in [1.82, 2.24) is 0 Å². The summed E-state index contributed by atoms with van der Waals surface area (Å²) in [7, 11) is 0. The lowest BCUT2D eigenvalue weighted by Gasteiger charge is -1.99. The molecule has 1 aliphatic carbocycles. The first-order valence-corrected chi connectivity index (χ1v) is 7.77. The van der Waals surface area contributed by atoms with Crippen molar-refractivity contribution < 1.29 is 5.11 Å². The van der Waals surface area contributed by atoms with Crippen molar-refractivity contribution in [2.75, 3.05) is 0 Å². The van der Waals surface area contributed by atoms with Crippen LogP contribution >= 0.6 is 0 Å². The monoisotopic (exact) mass is 250 g/mol. The zero-order chi connectivity index (χ0) is 13.2. The third kappa shape index (κ3) is 7.00. The molecule has 0 amide bonds. The molecule has 0 aromatic carbocycles. The molecule has 1 nitrogen and oxygen atoms in total.